The van der Waals surface area contributed by atoms with Gasteiger partial charge in [0, 0.05) is 31.2 Å². The van der Waals surface area contributed by atoms with Crippen LogP contribution in [0.1, 0.15) is 11.3 Å². The van der Waals surface area contributed by atoms with E-state index in [2.05, 4.69) is 15.0 Å². The SMILES string of the molecule is Cn1ncc2c1CN(c1cc3c(=O)n(C)cnc3c(-c3ccc(Cl)cc3F)n1)CC2. The molecule has 0 N–H and O–H groups in total. The Morgan fingerprint density at radius 1 is 1.20 bits per heavy atom. The Morgan fingerprint density at radius 3 is 2.83 bits per heavy atom. The van der Waals surface area contributed by atoms with Crippen LogP contribution in [-0.2, 0) is 27.1 Å². The highest BCUT2D eigenvalue weighted by Gasteiger charge is 2.23. The van der Waals surface area contributed by atoms with Gasteiger partial charge in [0.25, 0.3) is 5.56 Å². The lowest BCUT2D eigenvalue weighted by Gasteiger charge is -2.29. The molecule has 7 nitrogen and oxygen atoms in total. The van der Waals surface area contributed by atoms with Crippen molar-refractivity contribution in [3.63, 3.8) is 0 Å². The summed E-state index contributed by atoms with van der Waals surface area (Å²) in [4.78, 5) is 24.0. The van der Waals surface area contributed by atoms with Crippen LogP contribution in [0.2, 0.25) is 5.02 Å². The number of nitrogens with zero attached hydrogens (tertiary/aromatic N) is 6. The smallest absolute Gasteiger partial charge is 0.261 e. The van der Waals surface area contributed by atoms with Crippen LogP contribution in [0.15, 0.2) is 41.6 Å². The van der Waals surface area contributed by atoms with Crippen LogP contribution in [0.4, 0.5) is 10.2 Å². The van der Waals surface area contributed by atoms with E-state index >= 15 is 0 Å². The van der Waals surface area contributed by atoms with Crippen LogP contribution >= 0.6 is 11.6 Å². The second-order valence-electron chi connectivity index (χ2n) is 7.42. The molecule has 0 spiro atoms. The minimum atomic E-state index is -0.511. The summed E-state index contributed by atoms with van der Waals surface area (Å²) < 4.78 is 18.0. The Balaban J connectivity index is 1.73. The number of aryl methyl sites for hydroxylation is 2. The van der Waals surface area contributed by atoms with Crippen LogP contribution < -0.4 is 10.5 Å². The predicted octanol–water partition coefficient (Wildman–Crippen LogP) is 3.08. The summed E-state index contributed by atoms with van der Waals surface area (Å²) in [6.45, 7) is 1.33. The van der Waals surface area contributed by atoms with Gasteiger partial charge in [-0.2, -0.15) is 5.10 Å². The van der Waals surface area contributed by atoms with Gasteiger partial charge in [-0.3, -0.25) is 9.48 Å². The number of aromatic nitrogens is 5. The van der Waals surface area contributed by atoms with Crippen LogP contribution in [0.3, 0.4) is 0 Å². The fourth-order valence-electron chi connectivity index (χ4n) is 3.87. The quantitative estimate of drug-likeness (QED) is 0.494. The Labute approximate surface area is 176 Å². The third-order valence-electron chi connectivity index (χ3n) is 5.54. The fourth-order valence-corrected chi connectivity index (χ4v) is 4.03. The molecule has 1 aromatic carbocycles. The van der Waals surface area contributed by atoms with E-state index in [4.69, 9.17) is 16.6 Å². The number of pyridine rings is 1. The molecule has 1 aliphatic heterocycles. The van der Waals surface area contributed by atoms with Gasteiger partial charge in [0.05, 0.1) is 30.1 Å². The number of anilines is 1. The topological polar surface area (TPSA) is 68.8 Å². The summed E-state index contributed by atoms with van der Waals surface area (Å²) in [6, 6.07) is 6.14. The molecule has 0 unspecified atom stereocenters. The van der Waals surface area contributed by atoms with Crippen molar-refractivity contribution in [2.24, 2.45) is 14.1 Å². The zero-order valence-electron chi connectivity index (χ0n) is 16.4. The van der Waals surface area contributed by atoms with E-state index in [0.29, 0.717) is 34.0 Å². The predicted molar refractivity (Wildman–Crippen MR) is 113 cm³/mol. The number of benzene rings is 1. The highest BCUT2D eigenvalue weighted by atomic mass is 35.5. The van der Waals surface area contributed by atoms with Gasteiger partial charge in [-0.25, -0.2) is 14.4 Å². The maximum atomic E-state index is 14.8. The lowest BCUT2D eigenvalue weighted by atomic mass is 10.1. The van der Waals surface area contributed by atoms with Gasteiger partial charge in [0.1, 0.15) is 22.8 Å². The van der Waals surface area contributed by atoms with E-state index in [0.717, 1.165) is 18.7 Å². The monoisotopic (exact) mass is 424 g/mol. The van der Waals surface area contributed by atoms with Crippen molar-refractivity contribution >= 4 is 28.3 Å². The van der Waals surface area contributed by atoms with Gasteiger partial charge in [0.15, 0.2) is 0 Å². The van der Waals surface area contributed by atoms with Gasteiger partial charge >= 0.3 is 0 Å². The first-order valence-electron chi connectivity index (χ1n) is 9.49. The van der Waals surface area contributed by atoms with E-state index in [1.54, 1.807) is 25.2 Å². The zero-order chi connectivity index (χ0) is 21.0. The van der Waals surface area contributed by atoms with E-state index in [1.807, 2.05) is 17.9 Å². The lowest BCUT2D eigenvalue weighted by Crippen LogP contribution is -2.32. The van der Waals surface area contributed by atoms with Crippen molar-refractivity contribution in [2.45, 2.75) is 13.0 Å². The lowest BCUT2D eigenvalue weighted by molar-refractivity contribution is 0.630. The van der Waals surface area contributed by atoms with Crippen LogP contribution in [0.25, 0.3) is 22.2 Å². The third-order valence-corrected chi connectivity index (χ3v) is 5.78. The van der Waals surface area contributed by atoms with Gasteiger partial charge in [-0.15, -0.1) is 0 Å². The molecule has 152 valence electrons. The molecule has 0 saturated heterocycles. The highest BCUT2D eigenvalue weighted by molar-refractivity contribution is 6.30. The highest BCUT2D eigenvalue weighted by Crippen LogP contribution is 2.32. The standard InChI is InChI=1S/C21H18ClFN6O/c1-27-11-24-19-15(21(27)30)8-18(26-20(19)14-4-3-13(22)7-16(14)23)29-6-5-12-9-25-28(2)17(12)10-29/h3-4,7-9,11H,5-6,10H2,1-2H3. The van der Waals surface area contributed by atoms with Crippen LogP contribution in [0, 0.1) is 5.82 Å². The van der Waals surface area contributed by atoms with Crippen molar-refractivity contribution in [1.29, 1.82) is 0 Å². The zero-order valence-corrected chi connectivity index (χ0v) is 17.2. The Morgan fingerprint density at radius 2 is 2.03 bits per heavy atom. The first kappa shape index (κ1) is 18.7. The molecule has 30 heavy (non-hydrogen) atoms. The fraction of sp³-hybridized carbons (Fsp3) is 0.238. The summed E-state index contributed by atoms with van der Waals surface area (Å²) in [5.74, 6) is 0.0901. The molecule has 9 heteroatoms. The summed E-state index contributed by atoms with van der Waals surface area (Å²) in [7, 11) is 3.55. The average molecular weight is 425 g/mol. The maximum Gasteiger partial charge on any atom is 0.261 e. The second-order valence-corrected chi connectivity index (χ2v) is 7.86. The molecule has 1 aliphatic rings. The molecule has 0 atom stereocenters. The molecule has 0 radical (unpaired) electrons. The largest absolute Gasteiger partial charge is 0.350 e. The summed E-state index contributed by atoms with van der Waals surface area (Å²) in [5, 5.41) is 5.02. The first-order chi connectivity index (χ1) is 14.4. The van der Waals surface area contributed by atoms with Crippen molar-refractivity contribution in [2.75, 3.05) is 11.4 Å². The number of halogens is 2. The molecule has 0 fully saturated rings. The molecule has 5 rings (SSSR count). The van der Waals surface area contributed by atoms with Gasteiger partial charge in [-0.1, -0.05) is 11.6 Å². The maximum absolute atomic E-state index is 14.8. The molecule has 0 bridgehead atoms. The van der Waals surface area contributed by atoms with Crippen molar-refractivity contribution in [1.82, 2.24) is 24.3 Å². The van der Waals surface area contributed by atoms with E-state index < -0.39 is 5.82 Å². The van der Waals surface area contributed by atoms with E-state index in [-0.39, 0.29) is 11.1 Å². The van der Waals surface area contributed by atoms with Gasteiger partial charge in [-0.05, 0) is 36.2 Å². The number of rotatable bonds is 2. The normalized spacial score (nSPS) is 13.7. The molecule has 0 aliphatic carbocycles. The molecule has 4 heterocycles. The van der Waals surface area contributed by atoms with E-state index in [1.165, 1.54) is 22.5 Å². The molecular formula is C21H18ClFN6O. The van der Waals surface area contributed by atoms with Crippen molar-refractivity contribution < 1.29 is 4.39 Å². The van der Waals surface area contributed by atoms with Crippen molar-refractivity contribution in [3.05, 3.63) is 69.2 Å². The Bertz CT molecular complexity index is 1360. The Kier molecular flexibility index (Phi) is 4.32. The summed E-state index contributed by atoms with van der Waals surface area (Å²) >= 11 is 5.93. The van der Waals surface area contributed by atoms with Crippen LogP contribution in [0.5, 0.6) is 0 Å². The number of hydrogen-bond donors (Lipinski definition) is 0. The molecule has 3 aromatic heterocycles. The summed E-state index contributed by atoms with van der Waals surface area (Å²) in [6.07, 6.45) is 4.12. The van der Waals surface area contributed by atoms with Gasteiger partial charge < -0.3 is 9.47 Å². The molecular weight excluding hydrogens is 407 g/mol. The van der Waals surface area contributed by atoms with Gasteiger partial charge in [0.2, 0.25) is 0 Å². The first-order valence-corrected chi connectivity index (χ1v) is 9.86. The molecule has 0 amide bonds. The molecule has 4 aromatic rings. The van der Waals surface area contributed by atoms with Crippen LogP contribution in [-0.4, -0.2) is 30.9 Å². The molecule has 0 saturated carbocycles. The average Bonchev–Trinajstić information content (AvgIpc) is 3.10. The Hall–Kier alpha value is -3.26. The van der Waals surface area contributed by atoms with E-state index in [9.17, 15) is 9.18 Å². The number of hydrogen-bond acceptors (Lipinski definition) is 5. The second kappa shape index (κ2) is 6.91. The van der Waals surface area contributed by atoms with Crippen molar-refractivity contribution in [3.8, 4) is 11.3 Å². The summed E-state index contributed by atoms with van der Waals surface area (Å²) in [5.41, 5.74) is 3.03. The third kappa shape index (κ3) is 2.95. The number of fused-ring (bicyclic) bond motifs is 2. The minimum Gasteiger partial charge on any atom is -0.350 e. The minimum absolute atomic E-state index is 0.211.